The molecule has 0 unspecified atom stereocenters. The average molecular weight is 402 g/mol. The number of hydrogen-bond donors (Lipinski definition) is 1. The summed E-state index contributed by atoms with van der Waals surface area (Å²) in [4.78, 5) is 13.6. The highest BCUT2D eigenvalue weighted by molar-refractivity contribution is 5.90. The predicted octanol–water partition coefficient (Wildman–Crippen LogP) is 4.33. The van der Waals surface area contributed by atoms with E-state index in [9.17, 15) is 0 Å². The van der Waals surface area contributed by atoms with Gasteiger partial charge in [0, 0.05) is 42.0 Å². The Labute approximate surface area is 174 Å². The van der Waals surface area contributed by atoms with Crippen LogP contribution in [0.15, 0.2) is 60.9 Å². The third kappa shape index (κ3) is 3.82. The molecule has 1 N–H and O–H groups in total. The Balaban J connectivity index is 1.74. The SMILES string of the molecule is COc1cc(OC)c(CNc2nc(-c3ccncc3)nc3ccccc23)c(OC)c1. The van der Waals surface area contributed by atoms with Gasteiger partial charge in [-0.1, -0.05) is 12.1 Å². The zero-order valence-electron chi connectivity index (χ0n) is 17.0. The predicted molar refractivity (Wildman–Crippen MR) is 116 cm³/mol. The summed E-state index contributed by atoms with van der Waals surface area (Å²) in [6.07, 6.45) is 3.46. The van der Waals surface area contributed by atoms with Gasteiger partial charge in [-0.25, -0.2) is 9.97 Å². The fourth-order valence-corrected chi connectivity index (χ4v) is 3.27. The lowest BCUT2D eigenvalue weighted by atomic mass is 10.1. The van der Waals surface area contributed by atoms with E-state index in [-0.39, 0.29) is 0 Å². The van der Waals surface area contributed by atoms with Crippen molar-refractivity contribution in [2.45, 2.75) is 6.54 Å². The van der Waals surface area contributed by atoms with Crippen molar-refractivity contribution in [2.24, 2.45) is 0 Å². The van der Waals surface area contributed by atoms with E-state index in [1.807, 2.05) is 48.5 Å². The van der Waals surface area contributed by atoms with Crippen LogP contribution in [0.1, 0.15) is 5.56 Å². The summed E-state index contributed by atoms with van der Waals surface area (Å²) in [5.41, 5.74) is 2.63. The first-order chi connectivity index (χ1) is 14.7. The van der Waals surface area contributed by atoms with Gasteiger partial charge in [0.05, 0.1) is 32.4 Å². The Hall–Kier alpha value is -3.87. The van der Waals surface area contributed by atoms with Crippen LogP contribution in [0.2, 0.25) is 0 Å². The molecule has 0 saturated heterocycles. The van der Waals surface area contributed by atoms with Crippen LogP contribution in [-0.4, -0.2) is 36.3 Å². The molecule has 4 rings (SSSR count). The monoisotopic (exact) mass is 402 g/mol. The molecule has 0 amide bonds. The zero-order chi connectivity index (χ0) is 20.9. The molecule has 0 aliphatic rings. The van der Waals surface area contributed by atoms with Crippen molar-refractivity contribution in [1.29, 1.82) is 0 Å². The molecule has 0 radical (unpaired) electrons. The zero-order valence-corrected chi connectivity index (χ0v) is 17.0. The van der Waals surface area contributed by atoms with Gasteiger partial charge in [0.25, 0.3) is 0 Å². The normalized spacial score (nSPS) is 10.6. The number of ether oxygens (including phenoxy) is 3. The molecule has 7 nitrogen and oxygen atoms in total. The minimum Gasteiger partial charge on any atom is -0.496 e. The topological polar surface area (TPSA) is 78.4 Å². The molecule has 7 heteroatoms. The number of nitrogens with one attached hydrogen (secondary N) is 1. The highest BCUT2D eigenvalue weighted by Gasteiger charge is 2.15. The van der Waals surface area contributed by atoms with Crippen molar-refractivity contribution in [3.8, 4) is 28.6 Å². The summed E-state index contributed by atoms with van der Waals surface area (Å²) in [5, 5.41) is 4.37. The highest BCUT2D eigenvalue weighted by Crippen LogP contribution is 2.35. The lowest BCUT2D eigenvalue weighted by Gasteiger charge is -2.17. The lowest BCUT2D eigenvalue weighted by molar-refractivity contribution is 0.369. The van der Waals surface area contributed by atoms with Crippen molar-refractivity contribution in [2.75, 3.05) is 26.6 Å². The van der Waals surface area contributed by atoms with Crippen LogP contribution in [0.5, 0.6) is 17.2 Å². The highest BCUT2D eigenvalue weighted by atomic mass is 16.5. The fourth-order valence-electron chi connectivity index (χ4n) is 3.27. The van der Waals surface area contributed by atoms with E-state index in [0.29, 0.717) is 29.6 Å². The van der Waals surface area contributed by atoms with E-state index in [2.05, 4.69) is 10.3 Å². The van der Waals surface area contributed by atoms with E-state index < -0.39 is 0 Å². The van der Waals surface area contributed by atoms with Crippen molar-refractivity contribution in [1.82, 2.24) is 15.0 Å². The second kappa shape index (κ2) is 8.65. The standard InChI is InChI=1S/C23H22N4O3/c1-28-16-12-20(29-2)18(21(13-16)30-3)14-25-23-17-6-4-5-7-19(17)26-22(27-23)15-8-10-24-11-9-15/h4-13H,14H2,1-3H3,(H,25,26,27). The summed E-state index contributed by atoms with van der Waals surface area (Å²) in [5.74, 6) is 3.37. The third-order valence-corrected chi connectivity index (χ3v) is 4.79. The Kier molecular flexibility index (Phi) is 5.61. The molecule has 2 aromatic heterocycles. The van der Waals surface area contributed by atoms with Gasteiger partial charge in [0.2, 0.25) is 0 Å². The number of para-hydroxylation sites is 1. The van der Waals surface area contributed by atoms with Gasteiger partial charge in [-0.2, -0.15) is 0 Å². The number of pyridine rings is 1. The van der Waals surface area contributed by atoms with E-state index in [1.165, 1.54) is 0 Å². The summed E-state index contributed by atoms with van der Waals surface area (Å²) in [7, 11) is 4.86. The molecule has 0 saturated carbocycles. The number of methoxy groups -OCH3 is 3. The minimum atomic E-state index is 0.452. The first kappa shape index (κ1) is 19.4. The Bertz CT molecular complexity index is 1140. The number of fused-ring (bicyclic) bond motifs is 1. The maximum absolute atomic E-state index is 5.56. The van der Waals surface area contributed by atoms with Crippen LogP contribution >= 0.6 is 0 Å². The summed E-state index contributed by atoms with van der Waals surface area (Å²) < 4.78 is 16.5. The van der Waals surface area contributed by atoms with Gasteiger partial charge < -0.3 is 19.5 Å². The van der Waals surface area contributed by atoms with Gasteiger partial charge in [0.15, 0.2) is 5.82 Å². The van der Waals surface area contributed by atoms with Crippen LogP contribution in [-0.2, 0) is 6.54 Å². The molecule has 2 heterocycles. The Morgan fingerprint density at radius 2 is 1.53 bits per heavy atom. The number of aromatic nitrogens is 3. The second-order valence-electron chi connectivity index (χ2n) is 6.51. The molecule has 0 fully saturated rings. The summed E-state index contributed by atoms with van der Waals surface area (Å²) in [6, 6.07) is 15.4. The van der Waals surface area contributed by atoms with Crippen LogP contribution < -0.4 is 19.5 Å². The van der Waals surface area contributed by atoms with Gasteiger partial charge in [-0.3, -0.25) is 4.98 Å². The molecule has 0 aliphatic carbocycles. The van der Waals surface area contributed by atoms with Crippen molar-refractivity contribution in [3.05, 3.63) is 66.5 Å². The largest absolute Gasteiger partial charge is 0.496 e. The molecule has 152 valence electrons. The van der Waals surface area contributed by atoms with Gasteiger partial charge in [-0.15, -0.1) is 0 Å². The van der Waals surface area contributed by atoms with Crippen molar-refractivity contribution in [3.63, 3.8) is 0 Å². The van der Waals surface area contributed by atoms with Crippen LogP contribution in [0.4, 0.5) is 5.82 Å². The van der Waals surface area contributed by atoms with E-state index in [1.54, 1.807) is 33.7 Å². The molecular formula is C23H22N4O3. The minimum absolute atomic E-state index is 0.452. The fraction of sp³-hybridized carbons (Fsp3) is 0.174. The molecule has 0 bridgehead atoms. The maximum Gasteiger partial charge on any atom is 0.162 e. The molecule has 0 aliphatic heterocycles. The first-order valence-electron chi connectivity index (χ1n) is 9.43. The molecule has 30 heavy (non-hydrogen) atoms. The third-order valence-electron chi connectivity index (χ3n) is 4.79. The molecule has 0 atom stereocenters. The van der Waals surface area contributed by atoms with Crippen LogP contribution in [0.25, 0.3) is 22.3 Å². The van der Waals surface area contributed by atoms with E-state index in [0.717, 1.165) is 27.8 Å². The number of rotatable bonds is 7. The van der Waals surface area contributed by atoms with Crippen molar-refractivity contribution < 1.29 is 14.2 Å². The molecular weight excluding hydrogens is 380 g/mol. The molecule has 4 aromatic rings. The maximum atomic E-state index is 5.56. The Morgan fingerprint density at radius 1 is 0.833 bits per heavy atom. The van der Waals surface area contributed by atoms with E-state index in [4.69, 9.17) is 24.2 Å². The Morgan fingerprint density at radius 3 is 2.20 bits per heavy atom. The average Bonchev–Trinajstić information content (AvgIpc) is 2.82. The molecule has 2 aromatic carbocycles. The van der Waals surface area contributed by atoms with Crippen molar-refractivity contribution >= 4 is 16.7 Å². The van der Waals surface area contributed by atoms with Gasteiger partial charge in [0.1, 0.15) is 23.1 Å². The summed E-state index contributed by atoms with van der Waals surface area (Å²) >= 11 is 0. The summed E-state index contributed by atoms with van der Waals surface area (Å²) in [6.45, 7) is 0.452. The smallest absolute Gasteiger partial charge is 0.162 e. The first-order valence-corrected chi connectivity index (χ1v) is 9.43. The quantitative estimate of drug-likeness (QED) is 0.493. The van der Waals surface area contributed by atoms with Gasteiger partial charge in [-0.05, 0) is 24.3 Å². The van der Waals surface area contributed by atoms with Crippen LogP contribution in [0.3, 0.4) is 0 Å². The number of anilines is 1. The molecule has 0 spiro atoms. The second-order valence-corrected chi connectivity index (χ2v) is 6.51. The van der Waals surface area contributed by atoms with Gasteiger partial charge >= 0.3 is 0 Å². The number of benzene rings is 2. The number of hydrogen-bond acceptors (Lipinski definition) is 7. The van der Waals surface area contributed by atoms with Crippen LogP contribution in [0, 0.1) is 0 Å². The lowest BCUT2D eigenvalue weighted by Crippen LogP contribution is -2.07. The number of nitrogens with zero attached hydrogens (tertiary/aromatic N) is 3. The van der Waals surface area contributed by atoms with E-state index >= 15 is 0 Å².